The lowest BCUT2D eigenvalue weighted by molar-refractivity contribution is -0.122. The van der Waals surface area contributed by atoms with E-state index in [0.29, 0.717) is 18.1 Å². The largest absolute Gasteiger partial charge is 0.352 e. The molecule has 2 aliphatic rings. The molecule has 1 aromatic heterocycles. The van der Waals surface area contributed by atoms with Crippen LogP contribution in [0.2, 0.25) is 0 Å². The zero-order chi connectivity index (χ0) is 20.2. The summed E-state index contributed by atoms with van der Waals surface area (Å²) in [5, 5.41) is 13.0. The van der Waals surface area contributed by atoms with E-state index in [0.717, 1.165) is 43.8 Å². The van der Waals surface area contributed by atoms with Crippen molar-refractivity contribution in [3.05, 3.63) is 35.9 Å². The van der Waals surface area contributed by atoms with Crippen LogP contribution in [0.3, 0.4) is 0 Å². The molecule has 0 saturated carbocycles. The molecule has 8 heteroatoms. The van der Waals surface area contributed by atoms with E-state index >= 15 is 0 Å². The first-order chi connectivity index (χ1) is 14.1. The van der Waals surface area contributed by atoms with E-state index < -0.39 is 0 Å². The first-order valence-electron chi connectivity index (χ1n) is 10.4. The van der Waals surface area contributed by atoms with Crippen molar-refractivity contribution in [3.63, 3.8) is 0 Å². The number of carbonyl (C=O) groups excluding carboxylic acids is 2. The van der Waals surface area contributed by atoms with E-state index in [1.807, 2.05) is 23.1 Å². The van der Waals surface area contributed by atoms with E-state index in [-0.39, 0.29) is 23.9 Å². The second kappa shape index (κ2) is 8.90. The summed E-state index contributed by atoms with van der Waals surface area (Å²) in [4.78, 5) is 28.6. The minimum atomic E-state index is -0.218. The molecule has 1 N–H and O–H groups in total. The van der Waals surface area contributed by atoms with E-state index in [9.17, 15) is 9.59 Å². The van der Waals surface area contributed by atoms with Crippen molar-refractivity contribution in [3.8, 4) is 0 Å². The van der Waals surface area contributed by atoms with Gasteiger partial charge in [-0.25, -0.2) is 0 Å². The van der Waals surface area contributed by atoms with Gasteiger partial charge in [0.25, 0.3) is 0 Å². The van der Waals surface area contributed by atoms with Crippen LogP contribution in [0.15, 0.2) is 30.3 Å². The number of hydrogen-bond acceptors (Lipinski definition) is 6. The van der Waals surface area contributed by atoms with Gasteiger partial charge in [-0.3, -0.25) is 14.5 Å². The lowest BCUT2D eigenvalue weighted by Crippen LogP contribution is -2.46. The summed E-state index contributed by atoms with van der Waals surface area (Å²) in [7, 11) is 0. The topological polar surface area (TPSA) is 78.4 Å². The van der Waals surface area contributed by atoms with Gasteiger partial charge in [-0.1, -0.05) is 41.7 Å². The third kappa shape index (κ3) is 4.58. The van der Waals surface area contributed by atoms with Crippen molar-refractivity contribution in [1.29, 1.82) is 0 Å². The van der Waals surface area contributed by atoms with Crippen LogP contribution < -0.4 is 15.1 Å². The van der Waals surface area contributed by atoms with Crippen LogP contribution in [-0.4, -0.2) is 47.2 Å². The standard InChI is InChI=1S/C21H27N5O2S/c1-15(11-12-16-7-3-2-4-8-16)22-19(28)17-9-5-13-25(17)20-23-24-21(29-20)26-14-6-10-18(26)27/h2-4,7-8,15,17H,5-6,9-14H2,1H3,(H,22,28)/t15-,17+/m1/s1. The van der Waals surface area contributed by atoms with E-state index in [4.69, 9.17) is 0 Å². The molecule has 0 radical (unpaired) electrons. The van der Waals surface area contributed by atoms with Crippen LogP contribution in [0.25, 0.3) is 0 Å². The van der Waals surface area contributed by atoms with Crippen molar-refractivity contribution in [2.75, 3.05) is 22.9 Å². The quantitative estimate of drug-likeness (QED) is 0.755. The van der Waals surface area contributed by atoms with E-state index in [1.165, 1.54) is 16.9 Å². The molecule has 2 amide bonds. The average Bonchev–Trinajstić information content (AvgIpc) is 3.46. The summed E-state index contributed by atoms with van der Waals surface area (Å²) < 4.78 is 0. The maximum Gasteiger partial charge on any atom is 0.242 e. The Morgan fingerprint density at radius 1 is 1.21 bits per heavy atom. The Kier molecular flexibility index (Phi) is 6.08. The minimum absolute atomic E-state index is 0.0528. The fraction of sp³-hybridized carbons (Fsp3) is 0.524. The van der Waals surface area contributed by atoms with Gasteiger partial charge in [-0.05, 0) is 44.6 Å². The highest BCUT2D eigenvalue weighted by Gasteiger charge is 2.34. The number of aromatic nitrogens is 2. The first-order valence-corrected chi connectivity index (χ1v) is 11.2. The van der Waals surface area contributed by atoms with Gasteiger partial charge in [0, 0.05) is 25.6 Å². The molecule has 154 valence electrons. The fourth-order valence-electron chi connectivity index (χ4n) is 3.99. The Hall–Kier alpha value is -2.48. The predicted octanol–water partition coefficient (Wildman–Crippen LogP) is 2.77. The number of amides is 2. The van der Waals surface area contributed by atoms with Gasteiger partial charge in [-0.15, -0.1) is 10.2 Å². The highest BCUT2D eigenvalue weighted by atomic mass is 32.1. The van der Waals surface area contributed by atoms with E-state index in [2.05, 4.69) is 34.6 Å². The van der Waals surface area contributed by atoms with Crippen molar-refractivity contribution in [1.82, 2.24) is 15.5 Å². The number of benzene rings is 1. The molecule has 29 heavy (non-hydrogen) atoms. The predicted molar refractivity (Wildman–Crippen MR) is 114 cm³/mol. The monoisotopic (exact) mass is 413 g/mol. The molecule has 2 aliphatic heterocycles. The zero-order valence-electron chi connectivity index (χ0n) is 16.7. The Morgan fingerprint density at radius 2 is 2.00 bits per heavy atom. The zero-order valence-corrected chi connectivity index (χ0v) is 17.5. The summed E-state index contributed by atoms with van der Waals surface area (Å²) in [6, 6.07) is 10.2. The number of hydrogen-bond donors (Lipinski definition) is 1. The smallest absolute Gasteiger partial charge is 0.242 e. The van der Waals surface area contributed by atoms with Crippen molar-refractivity contribution in [2.45, 2.75) is 57.5 Å². The summed E-state index contributed by atoms with van der Waals surface area (Å²) in [5.41, 5.74) is 1.29. The Balaban J connectivity index is 1.34. The summed E-state index contributed by atoms with van der Waals surface area (Å²) in [6.07, 6.45) is 5.06. The van der Waals surface area contributed by atoms with Gasteiger partial charge >= 0.3 is 0 Å². The van der Waals surface area contributed by atoms with Crippen molar-refractivity contribution < 1.29 is 9.59 Å². The molecule has 2 fully saturated rings. The van der Waals surface area contributed by atoms with Crippen molar-refractivity contribution >= 4 is 33.4 Å². The first kappa shape index (κ1) is 19.8. The van der Waals surface area contributed by atoms with Gasteiger partial charge in [-0.2, -0.15) is 0 Å². The molecule has 0 aliphatic carbocycles. The maximum absolute atomic E-state index is 12.9. The van der Waals surface area contributed by atoms with Gasteiger partial charge < -0.3 is 10.2 Å². The SMILES string of the molecule is C[C@H](CCc1ccccc1)NC(=O)[C@@H]1CCCN1c1nnc(N2CCCC2=O)s1. The molecule has 2 aromatic rings. The summed E-state index contributed by atoms with van der Waals surface area (Å²) in [6.45, 7) is 3.55. The minimum Gasteiger partial charge on any atom is -0.352 e. The molecule has 0 unspecified atom stereocenters. The highest BCUT2D eigenvalue weighted by Crippen LogP contribution is 2.33. The van der Waals surface area contributed by atoms with Gasteiger partial charge in [0.05, 0.1) is 0 Å². The number of anilines is 2. The number of rotatable bonds is 7. The van der Waals surface area contributed by atoms with Crippen LogP contribution in [0, 0.1) is 0 Å². The molecule has 4 rings (SSSR count). The molecular formula is C21H27N5O2S. The third-order valence-electron chi connectivity index (χ3n) is 5.61. The number of carbonyl (C=O) groups is 2. The van der Waals surface area contributed by atoms with Crippen LogP contribution in [0.5, 0.6) is 0 Å². The van der Waals surface area contributed by atoms with E-state index in [1.54, 1.807) is 4.90 Å². The Bertz CT molecular complexity index is 856. The molecule has 0 bridgehead atoms. The molecule has 2 saturated heterocycles. The number of nitrogens with zero attached hydrogens (tertiary/aromatic N) is 4. The molecule has 7 nitrogen and oxygen atoms in total. The second-order valence-electron chi connectivity index (χ2n) is 7.80. The highest BCUT2D eigenvalue weighted by molar-refractivity contribution is 7.19. The fourth-order valence-corrected chi connectivity index (χ4v) is 4.96. The molecule has 0 spiro atoms. The van der Waals surface area contributed by atoms with Crippen LogP contribution >= 0.6 is 11.3 Å². The number of aryl methyl sites for hydroxylation is 1. The molecule has 3 heterocycles. The third-order valence-corrected chi connectivity index (χ3v) is 6.59. The van der Waals surface area contributed by atoms with Crippen LogP contribution in [-0.2, 0) is 16.0 Å². The van der Waals surface area contributed by atoms with Gasteiger partial charge in [0.2, 0.25) is 22.1 Å². The lowest BCUT2D eigenvalue weighted by Gasteiger charge is -2.24. The Morgan fingerprint density at radius 3 is 2.76 bits per heavy atom. The number of nitrogens with one attached hydrogen (secondary N) is 1. The average molecular weight is 414 g/mol. The lowest BCUT2D eigenvalue weighted by atomic mass is 10.1. The van der Waals surface area contributed by atoms with Gasteiger partial charge in [0.1, 0.15) is 6.04 Å². The molecule has 2 atom stereocenters. The molecular weight excluding hydrogens is 386 g/mol. The van der Waals surface area contributed by atoms with Gasteiger partial charge in [0.15, 0.2) is 0 Å². The summed E-state index contributed by atoms with van der Waals surface area (Å²) >= 11 is 1.41. The van der Waals surface area contributed by atoms with Crippen LogP contribution in [0.1, 0.15) is 44.6 Å². The Labute approximate surface area is 175 Å². The van der Waals surface area contributed by atoms with Crippen LogP contribution in [0.4, 0.5) is 10.3 Å². The second-order valence-corrected chi connectivity index (χ2v) is 8.74. The summed E-state index contributed by atoms with van der Waals surface area (Å²) in [5.74, 6) is 0.160. The van der Waals surface area contributed by atoms with Crippen molar-refractivity contribution in [2.24, 2.45) is 0 Å². The molecule has 1 aromatic carbocycles. The normalized spacial score (nSPS) is 20.3. The maximum atomic E-state index is 12.9.